The van der Waals surface area contributed by atoms with E-state index in [2.05, 4.69) is 59.1 Å². The molecule has 0 fully saturated rings. The summed E-state index contributed by atoms with van der Waals surface area (Å²) in [6.45, 7) is 7.39. The summed E-state index contributed by atoms with van der Waals surface area (Å²) in [6, 6.07) is 4.74. The number of nitrogens with zero attached hydrogens (tertiary/aromatic N) is 1. The summed E-state index contributed by atoms with van der Waals surface area (Å²) < 4.78 is 1.03. The van der Waals surface area contributed by atoms with Crippen molar-refractivity contribution in [1.29, 1.82) is 0 Å². The highest BCUT2D eigenvalue weighted by molar-refractivity contribution is 9.10. The smallest absolute Gasteiger partial charge is 0.0410 e. The average molecular weight is 325 g/mol. The number of hydrogen-bond acceptors (Lipinski definition) is 3. The van der Waals surface area contributed by atoms with Gasteiger partial charge in [-0.15, -0.1) is 11.3 Å². The van der Waals surface area contributed by atoms with Crippen LogP contribution in [-0.2, 0) is 6.54 Å². The molecule has 1 N–H and O–H groups in total. The van der Waals surface area contributed by atoms with E-state index in [9.17, 15) is 0 Å². The van der Waals surface area contributed by atoms with Crippen LogP contribution in [0.3, 0.4) is 0 Å². The normalized spacial score (nSPS) is 12.7. The molecule has 0 aliphatic heterocycles. The van der Waals surface area contributed by atoms with E-state index in [0.29, 0.717) is 6.04 Å². The van der Waals surface area contributed by atoms with E-state index in [4.69, 9.17) is 0 Å². The first-order chi connectivity index (χ1) is 8.56. The molecule has 96 valence electrons. The van der Waals surface area contributed by atoms with Gasteiger partial charge in [-0.25, -0.2) is 0 Å². The first kappa shape index (κ1) is 13.7. The molecule has 4 heteroatoms. The summed E-state index contributed by atoms with van der Waals surface area (Å²) in [4.78, 5) is 6.95. The first-order valence-electron chi connectivity index (χ1n) is 5.96. The second kappa shape index (κ2) is 5.95. The Morgan fingerprint density at radius 1 is 1.33 bits per heavy atom. The van der Waals surface area contributed by atoms with Crippen LogP contribution in [0.1, 0.15) is 33.8 Å². The van der Waals surface area contributed by atoms with Crippen LogP contribution in [0, 0.1) is 13.8 Å². The quantitative estimate of drug-likeness (QED) is 0.903. The molecule has 2 heterocycles. The fourth-order valence-corrected chi connectivity index (χ4v) is 3.45. The van der Waals surface area contributed by atoms with Crippen molar-refractivity contribution < 1.29 is 0 Å². The van der Waals surface area contributed by atoms with Crippen LogP contribution < -0.4 is 5.32 Å². The third-order valence-corrected chi connectivity index (χ3v) is 4.34. The van der Waals surface area contributed by atoms with E-state index in [1.165, 1.54) is 20.9 Å². The summed E-state index contributed by atoms with van der Waals surface area (Å²) in [5.41, 5.74) is 2.60. The highest BCUT2D eigenvalue weighted by atomic mass is 79.9. The van der Waals surface area contributed by atoms with Crippen LogP contribution in [0.4, 0.5) is 0 Å². The molecule has 2 aromatic heterocycles. The van der Waals surface area contributed by atoms with E-state index in [0.717, 1.165) is 11.0 Å². The van der Waals surface area contributed by atoms with E-state index >= 15 is 0 Å². The Hall–Kier alpha value is -0.710. The molecule has 2 nitrogen and oxygen atoms in total. The Balaban J connectivity index is 2.00. The van der Waals surface area contributed by atoms with Crippen molar-refractivity contribution in [2.45, 2.75) is 33.4 Å². The van der Waals surface area contributed by atoms with Crippen LogP contribution in [-0.4, -0.2) is 4.98 Å². The lowest BCUT2D eigenvalue weighted by Gasteiger charge is -2.13. The van der Waals surface area contributed by atoms with Gasteiger partial charge >= 0.3 is 0 Å². The van der Waals surface area contributed by atoms with Crippen molar-refractivity contribution in [3.05, 3.63) is 49.9 Å². The first-order valence-corrected chi connectivity index (χ1v) is 7.57. The monoisotopic (exact) mass is 324 g/mol. The van der Waals surface area contributed by atoms with Crippen LogP contribution >= 0.6 is 27.3 Å². The Morgan fingerprint density at radius 3 is 2.72 bits per heavy atom. The van der Waals surface area contributed by atoms with E-state index in [-0.39, 0.29) is 0 Å². The van der Waals surface area contributed by atoms with Crippen molar-refractivity contribution in [1.82, 2.24) is 10.3 Å². The van der Waals surface area contributed by atoms with Gasteiger partial charge in [-0.3, -0.25) is 4.98 Å². The molecule has 1 atom stereocenters. The number of halogens is 1. The fourth-order valence-electron chi connectivity index (χ4n) is 2.01. The molecule has 0 saturated heterocycles. The van der Waals surface area contributed by atoms with Gasteiger partial charge in [0.25, 0.3) is 0 Å². The van der Waals surface area contributed by atoms with Gasteiger partial charge in [-0.1, -0.05) is 0 Å². The van der Waals surface area contributed by atoms with E-state index < -0.39 is 0 Å². The Labute approximate surface area is 121 Å². The molecule has 0 radical (unpaired) electrons. The van der Waals surface area contributed by atoms with Gasteiger partial charge in [0.15, 0.2) is 0 Å². The molecule has 0 aromatic carbocycles. The number of hydrogen-bond donors (Lipinski definition) is 1. The van der Waals surface area contributed by atoms with Gasteiger partial charge in [0.2, 0.25) is 0 Å². The van der Waals surface area contributed by atoms with Gasteiger partial charge < -0.3 is 5.32 Å². The second-order valence-corrected chi connectivity index (χ2v) is 6.86. The maximum atomic E-state index is 4.17. The van der Waals surface area contributed by atoms with Crippen LogP contribution in [0.15, 0.2) is 29.0 Å². The van der Waals surface area contributed by atoms with Crippen LogP contribution in [0.5, 0.6) is 0 Å². The second-order valence-electron chi connectivity index (χ2n) is 4.48. The molecule has 2 rings (SSSR count). The molecule has 0 aliphatic rings. The third kappa shape index (κ3) is 3.40. The molecule has 18 heavy (non-hydrogen) atoms. The molecular weight excluding hydrogens is 308 g/mol. The minimum Gasteiger partial charge on any atom is -0.306 e. The number of aryl methyl sites for hydroxylation is 2. The predicted octanol–water partition coefficient (Wildman–Crippen LogP) is 4.37. The minimum absolute atomic E-state index is 0.369. The van der Waals surface area contributed by atoms with Gasteiger partial charge in [0.05, 0.1) is 0 Å². The highest BCUT2D eigenvalue weighted by Gasteiger charge is 2.10. The van der Waals surface area contributed by atoms with Crippen molar-refractivity contribution in [2.24, 2.45) is 0 Å². The van der Waals surface area contributed by atoms with E-state index in [1.807, 2.05) is 17.5 Å². The van der Waals surface area contributed by atoms with Gasteiger partial charge in [0.1, 0.15) is 0 Å². The molecule has 1 unspecified atom stereocenters. The standard InChI is InChI=1S/C14H17BrN2S/c1-9-4-14(11(3)18-9)10(2)17-7-12-5-13(15)8-16-6-12/h4-6,8,10,17H,7H2,1-3H3. The molecule has 0 aliphatic carbocycles. The number of rotatable bonds is 4. The maximum Gasteiger partial charge on any atom is 0.0410 e. The summed E-state index contributed by atoms with van der Waals surface area (Å²) in [6.07, 6.45) is 3.70. The lowest BCUT2D eigenvalue weighted by Crippen LogP contribution is -2.18. The average Bonchev–Trinajstić information content (AvgIpc) is 2.66. The largest absolute Gasteiger partial charge is 0.306 e. The predicted molar refractivity (Wildman–Crippen MR) is 81.0 cm³/mol. The van der Waals surface area contributed by atoms with Crippen LogP contribution in [0.25, 0.3) is 0 Å². The zero-order chi connectivity index (χ0) is 13.1. The molecule has 2 aromatic rings. The van der Waals surface area contributed by atoms with Crippen molar-refractivity contribution >= 4 is 27.3 Å². The van der Waals surface area contributed by atoms with Gasteiger partial charge in [-0.05, 0) is 60.0 Å². The zero-order valence-electron chi connectivity index (χ0n) is 10.8. The lowest BCUT2D eigenvalue weighted by molar-refractivity contribution is 0.573. The summed E-state index contributed by atoms with van der Waals surface area (Å²) in [7, 11) is 0. The number of pyridine rings is 1. The minimum atomic E-state index is 0.369. The Bertz CT molecular complexity index is 536. The highest BCUT2D eigenvalue weighted by Crippen LogP contribution is 2.26. The van der Waals surface area contributed by atoms with E-state index in [1.54, 1.807) is 6.20 Å². The topological polar surface area (TPSA) is 24.9 Å². The van der Waals surface area contributed by atoms with Crippen molar-refractivity contribution in [3.8, 4) is 0 Å². The molecule has 0 spiro atoms. The van der Waals surface area contributed by atoms with Crippen molar-refractivity contribution in [3.63, 3.8) is 0 Å². The van der Waals surface area contributed by atoms with Gasteiger partial charge in [-0.2, -0.15) is 0 Å². The molecule has 0 amide bonds. The summed E-state index contributed by atoms with van der Waals surface area (Å²) in [5, 5.41) is 3.54. The van der Waals surface area contributed by atoms with Crippen molar-refractivity contribution in [2.75, 3.05) is 0 Å². The number of nitrogens with one attached hydrogen (secondary N) is 1. The summed E-state index contributed by atoms with van der Waals surface area (Å²) >= 11 is 5.30. The molecule has 0 bridgehead atoms. The number of thiophene rings is 1. The van der Waals surface area contributed by atoms with Crippen LogP contribution in [0.2, 0.25) is 0 Å². The lowest BCUT2D eigenvalue weighted by atomic mass is 10.1. The third-order valence-electron chi connectivity index (χ3n) is 2.92. The molecule has 0 saturated carbocycles. The Kier molecular flexibility index (Phi) is 4.54. The maximum absolute atomic E-state index is 4.17. The fraction of sp³-hybridized carbons (Fsp3) is 0.357. The summed E-state index contributed by atoms with van der Waals surface area (Å²) in [5.74, 6) is 0. The molecular formula is C14H17BrN2S. The Morgan fingerprint density at radius 2 is 2.11 bits per heavy atom. The van der Waals surface area contributed by atoms with Gasteiger partial charge in [0, 0.05) is 39.2 Å². The zero-order valence-corrected chi connectivity index (χ0v) is 13.2. The SMILES string of the molecule is Cc1cc(C(C)NCc2cncc(Br)c2)c(C)s1. The number of aromatic nitrogens is 1.